The van der Waals surface area contributed by atoms with Crippen molar-refractivity contribution in [1.82, 2.24) is 39.0 Å². The fraction of sp³-hybridized carbons (Fsp3) is 0.500. The summed E-state index contributed by atoms with van der Waals surface area (Å²) in [6.07, 6.45) is -5.50. The van der Waals surface area contributed by atoms with Crippen LogP contribution in [0.2, 0.25) is 0 Å². The Bertz CT molecular complexity index is 1700. The Balaban J connectivity index is 1.17. The van der Waals surface area contributed by atoms with Gasteiger partial charge < -0.3 is 31.2 Å². The van der Waals surface area contributed by atoms with Crippen molar-refractivity contribution in [3.8, 4) is 0 Å². The van der Waals surface area contributed by atoms with Crippen molar-refractivity contribution in [1.29, 1.82) is 0 Å². The summed E-state index contributed by atoms with van der Waals surface area (Å²) >= 11 is 8.16. The lowest BCUT2D eigenvalue weighted by atomic mass is 10.1. The van der Waals surface area contributed by atoms with Crippen molar-refractivity contribution < 1.29 is 46.9 Å². The van der Waals surface area contributed by atoms with Crippen LogP contribution in [0.4, 0.5) is 11.6 Å². The van der Waals surface area contributed by atoms with Gasteiger partial charge in [-0.25, -0.2) is 39.0 Å². The third kappa shape index (κ3) is 5.27. The number of aliphatic hydroxyl groups is 2. The molecule has 10 atom stereocenters. The van der Waals surface area contributed by atoms with Gasteiger partial charge in [-0.3, -0.25) is 27.2 Å². The molecule has 0 radical (unpaired) electrons. The maximum Gasteiger partial charge on any atom is 0.386 e. The maximum absolute atomic E-state index is 13.4. The Labute approximate surface area is 256 Å². The normalized spacial score (nSPS) is 38.3. The number of hydrogen-bond donors (Lipinski definition) is 6. The maximum atomic E-state index is 13.4. The van der Waals surface area contributed by atoms with Crippen LogP contribution in [-0.2, 0) is 36.7 Å². The minimum atomic E-state index is -4.26. The largest absolute Gasteiger partial charge is 0.386 e. The zero-order chi connectivity index (χ0) is 31.0. The molecule has 24 heteroatoms. The van der Waals surface area contributed by atoms with E-state index in [1.54, 1.807) is 0 Å². The number of imidazole rings is 2. The first-order valence-electron chi connectivity index (χ1n) is 12.8. The molecule has 0 amide bonds. The molecule has 44 heavy (non-hydrogen) atoms. The average molecular weight is 691 g/mol. The number of aromatic nitrogens is 8. The van der Waals surface area contributed by atoms with Crippen LogP contribution in [0, 0.1) is 0 Å². The van der Waals surface area contributed by atoms with E-state index in [0.29, 0.717) is 0 Å². The quantitative estimate of drug-likeness (QED) is 0.121. The molecule has 0 aliphatic carbocycles. The second kappa shape index (κ2) is 11.1. The Morgan fingerprint density at radius 3 is 1.55 bits per heavy atom. The van der Waals surface area contributed by atoms with E-state index in [0.717, 1.165) is 0 Å². The van der Waals surface area contributed by atoms with E-state index < -0.39 is 75.9 Å². The molecule has 7 rings (SSSR count). The van der Waals surface area contributed by atoms with Crippen LogP contribution < -0.4 is 11.5 Å². The van der Waals surface area contributed by atoms with Gasteiger partial charge in [0.25, 0.3) is 0 Å². The van der Waals surface area contributed by atoms with Gasteiger partial charge >= 0.3 is 13.6 Å². The highest BCUT2D eigenvalue weighted by Gasteiger charge is 2.53. The second-order valence-electron chi connectivity index (χ2n) is 9.95. The first-order valence-corrected chi connectivity index (χ1v) is 18.2. The molecule has 4 aromatic rings. The summed E-state index contributed by atoms with van der Waals surface area (Å²) in [5.74, 6) is 0.203. The van der Waals surface area contributed by atoms with E-state index in [9.17, 15) is 19.3 Å². The fourth-order valence-corrected chi connectivity index (χ4v) is 8.23. The van der Waals surface area contributed by atoms with Gasteiger partial charge in [0.05, 0.1) is 25.9 Å². The molecule has 3 aliphatic heterocycles. The number of nitrogens with two attached hydrogens (primary N) is 2. The van der Waals surface area contributed by atoms with Crippen LogP contribution in [0.25, 0.3) is 22.3 Å². The Morgan fingerprint density at radius 1 is 0.727 bits per heavy atom. The van der Waals surface area contributed by atoms with Crippen molar-refractivity contribution in [3.05, 3.63) is 25.3 Å². The summed E-state index contributed by atoms with van der Waals surface area (Å²) in [6, 6.07) is 0. The number of aliphatic hydroxyl groups excluding tert-OH is 2. The van der Waals surface area contributed by atoms with E-state index >= 15 is 0 Å². The minimum absolute atomic E-state index is 0.101. The van der Waals surface area contributed by atoms with Crippen molar-refractivity contribution in [2.75, 3.05) is 24.7 Å². The lowest BCUT2D eigenvalue weighted by Crippen LogP contribution is -2.38. The molecule has 20 nitrogen and oxygen atoms in total. The van der Waals surface area contributed by atoms with Crippen LogP contribution in [0.5, 0.6) is 0 Å². The average Bonchev–Trinajstić information content (AvgIpc) is 3.73. The number of rotatable bonds is 2. The molecule has 3 fully saturated rings. The Kier molecular flexibility index (Phi) is 7.63. The predicted molar refractivity (Wildman–Crippen MR) is 154 cm³/mol. The zero-order valence-electron chi connectivity index (χ0n) is 22.0. The summed E-state index contributed by atoms with van der Waals surface area (Å²) in [4.78, 5) is 24.4. The summed E-state index contributed by atoms with van der Waals surface area (Å²) in [5.41, 5.74) is 12.7. The van der Waals surface area contributed by atoms with Gasteiger partial charge in [-0.2, -0.15) is 0 Å². The van der Waals surface area contributed by atoms with Gasteiger partial charge in [0, 0.05) is 0 Å². The SMILES string of the molecule is Nc1ncnc2c1ncn2[C@@H]1O[C@@H]2COP(=O)(S)O[C@@H]3C(CO[P@@](=O)(S)O[C@H]2[C@H]1O)O[C@@H](n1cnc2c(N)ncnc21)[C@@H]3O. The smallest absolute Gasteiger partial charge is 0.386 e. The fourth-order valence-electron chi connectivity index (χ4n) is 5.24. The van der Waals surface area contributed by atoms with E-state index in [1.165, 1.54) is 34.4 Å². The molecule has 6 N–H and O–H groups in total. The number of thiol groups is 2. The van der Waals surface area contributed by atoms with E-state index in [4.69, 9.17) is 39.0 Å². The highest BCUT2D eigenvalue weighted by atomic mass is 32.7. The van der Waals surface area contributed by atoms with Crippen LogP contribution in [0.1, 0.15) is 12.5 Å². The molecular formula is C20H24N10O10P2S2. The van der Waals surface area contributed by atoms with Crippen LogP contribution >= 0.6 is 38.1 Å². The van der Waals surface area contributed by atoms with Gasteiger partial charge in [0.1, 0.15) is 60.3 Å². The first kappa shape index (κ1) is 30.2. The number of nitrogen functional groups attached to an aromatic ring is 2. The topological polar surface area (TPSA) is 269 Å². The molecule has 3 aliphatic rings. The van der Waals surface area contributed by atoms with E-state index in [2.05, 4.69) is 54.4 Å². The Morgan fingerprint density at radius 2 is 1.14 bits per heavy atom. The van der Waals surface area contributed by atoms with Gasteiger partial charge in [-0.15, -0.1) is 0 Å². The second-order valence-corrected chi connectivity index (χ2v) is 15.7. The van der Waals surface area contributed by atoms with Gasteiger partial charge in [0.15, 0.2) is 35.4 Å². The summed E-state index contributed by atoms with van der Waals surface area (Å²) in [5, 5.41) is 22.5. The van der Waals surface area contributed by atoms with Crippen molar-refractivity contribution >= 4 is 72.1 Å². The lowest BCUT2D eigenvalue weighted by Gasteiger charge is -2.28. The molecule has 0 bridgehead atoms. The zero-order valence-corrected chi connectivity index (χ0v) is 25.6. The van der Waals surface area contributed by atoms with Crippen molar-refractivity contribution in [3.63, 3.8) is 0 Å². The lowest BCUT2D eigenvalue weighted by molar-refractivity contribution is -0.0561. The van der Waals surface area contributed by atoms with E-state index in [1.807, 2.05) is 0 Å². The molecule has 3 saturated heterocycles. The standard InChI is InChI=1S/C20H24N10O10P2S2/c21-15-9-17(25-3-23-15)29(5-27-9)19-11(31)13-7(37-19)1-35-41(33,43)40-14-8(2-36-42(34,44)39-13)38-20(12(14)32)30-6-28-10-16(22)24-4-26-18(10)30/h3-8,11-14,19-20,31-32H,1-2H2,(H,33,43)(H,34,44)(H2,21,23,25)(H2,22,24,26)/t7-,8?,11-,12-,13-,14-,19-,20-,41?,42-/m1/s1. The summed E-state index contributed by atoms with van der Waals surface area (Å²) < 4.78 is 63.9. The highest BCUT2D eigenvalue weighted by molar-refractivity contribution is 8.44. The summed E-state index contributed by atoms with van der Waals surface area (Å²) in [6.45, 7) is -9.59. The van der Waals surface area contributed by atoms with Gasteiger partial charge in [-0.05, 0) is 0 Å². The molecule has 2 unspecified atom stereocenters. The molecule has 4 aromatic heterocycles. The molecule has 236 valence electrons. The summed E-state index contributed by atoms with van der Waals surface area (Å²) in [7, 11) is 0. The van der Waals surface area contributed by atoms with Gasteiger partial charge in [-0.1, -0.05) is 24.5 Å². The van der Waals surface area contributed by atoms with Crippen LogP contribution in [-0.4, -0.2) is 99.1 Å². The first-order chi connectivity index (χ1) is 20.9. The highest BCUT2D eigenvalue weighted by Crippen LogP contribution is 2.60. The monoisotopic (exact) mass is 690 g/mol. The Hall–Kier alpha value is -2.46. The third-order valence-electron chi connectivity index (χ3n) is 7.26. The molecular weight excluding hydrogens is 666 g/mol. The molecule has 7 heterocycles. The third-order valence-corrected chi connectivity index (χ3v) is 10.5. The number of fused-ring (bicyclic) bond motifs is 4. The van der Waals surface area contributed by atoms with Crippen LogP contribution in [0.3, 0.4) is 0 Å². The van der Waals surface area contributed by atoms with E-state index in [-0.39, 0.29) is 34.0 Å². The number of ether oxygens (including phenoxy) is 2. The number of anilines is 2. The predicted octanol–water partition coefficient (Wildman–Crippen LogP) is 0.240. The molecule has 0 aromatic carbocycles. The van der Waals surface area contributed by atoms with Crippen LogP contribution in [0.15, 0.2) is 25.3 Å². The van der Waals surface area contributed by atoms with Crippen molar-refractivity contribution in [2.45, 2.75) is 49.1 Å². The number of hydrogen-bond acceptors (Lipinski definition) is 18. The molecule has 0 spiro atoms. The van der Waals surface area contributed by atoms with Gasteiger partial charge in [0.2, 0.25) is 0 Å². The molecule has 0 saturated carbocycles. The minimum Gasteiger partial charge on any atom is -0.386 e. The van der Waals surface area contributed by atoms with Crippen molar-refractivity contribution in [2.24, 2.45) is 0 Å². The number of nitrogens with zero attached hydrogens (tertiary/aromatic N) is 8.